The zero-order valence-electron chi connectivity index (χ0n) is 15.7. The van der Waals surface area contributed by atoms with Gasteiger partial charge in [-0.1, -0.05) is 6.07 Å². The van der Waals surface area contributed by atoms with E-state index in [4.69, 9.17) is 20.4 Å². The summed E-state index contributed by atoms with van der Waals surface area (Å²) in [5, 5.41) is 31.6. The molecule has 1 unspecified atom stereocenters. The highest BCUT2D eigenvalue weighted by molar-refractivity contribution is 5.75. The summed E-state index contributed by atoms with van der Waals surface area (Å²) >= 11 is 0. The lowest BCUT2D eigenvalue weighted by atomic mass is 10.1. The summed E-state index contributed by atoms with van der Waals surface area (Å²) in [7, 11) is 2.19. The number of aromatic nitrogens is 1. The number of rotatable bonds is 7. The third kappa shape index (κ3) is 13.2. The molecule has 1 saturated heterocycles. The molecule has 0 amide bonds. The number of likely N-dealkylation sites (tertiary alicyclic amines) is 1. The lowest BCUT2D eigenvalue weighted by Crippen LogP contribution is -2.17. The lowest BCUT2D eigenvalue weighted by molar-refractivity contribution is -0.143. The Balaban J connectivity index is 0.000000408. The van der Waals surface area contributed by atoms with Gasteiger partial charge in [-0.2, -0.15) is 0 Å². The second kappa shape index (κ2) is 14.1. The Bertz CT molecular complexity index is 580. The molecule has 2 rings (SSSR count). The van der Waals surface area contributed by atoms with Crippen LogP contribution in [0, 0.1) is 0 Å². The van der Waals surface area contributed by atoms with Crippen molar-refractivity contribution < 1.29 is 39.6 Å². The van der Waals surface area contributed by atoms with Crippen molar-refractivity contribution in [2.24, 2.45) is 0 Å². The van der Waals surface area contributed by atoms with Crippen LogP contribution in [0.5, 0.6) is 0 Å². The van der Waals surface area contributed by atoms with E-state index in [-0.39, 0.29) is 25.7 Å². The van der Waals surface area contributed by atoms with Crippen LogP contribution in [0.4, 0.5) is 0 Å². The van der Waals surface area contributed by atoms with Gasteiger partial charge in [-0.15, -0.1) is 0 Å². The maximum Gasteiger partial charge on any atom is 0.303 e. The Kier molecular flexibility index (Phi) is 12.6. The van der Waals surface area contributed by atoms with Gasteiger partial charge in [0.05, 0.1) is 25.7 Å². The fourth-order valence-electron chi connectivity index (χ4n) is 2.33. The van der Waals surface area contributed by atoms with Crippen LogP contribution in [-0.4, -0.2) is 67.8 Å². The first-order valence-corrected chi connectivity index (χ1v) is 8.60. The Morgan fingerprint density at radius 1 is 0.964 bits per heavy atom. The molecule has 10 nitrogen and oxygen atoms in total. The van der Waals surface area contributed by atoms with Gasteiger partial charge >= 0.3 is 23.9 Å². The van der Waals surface area contributed by atoms with Gasteiger partial charge in [0, 0.05) is 18.4 Å². The Morgan fingerprint density at radius 3 is 1.71 bits per heavy atom. The number of hydrogen-bond donors (Lipinski definition) is 4. The van der Waals surface area contributed by atoms with Crippen LogP contribution in [0.2, 0.25) is 0 Å². The van der Waals surface area contributed by atoms with Gasteiger partial charge in [-0.3, -0.25) is 29.1 Å². The summed E-state index contributed by atoms with van der Waals surface area (Å²) in [4.78, 5) is 45.1. The highest BCUT2D eigenvalue weighted by Gasteiger charge is 2.21. The maximum atomic E-state index is 9.64. The van der Waals surface area contributed by atoms with E-state index < -0.39 is 23.9 Å². The van der Waals surface area contributed by atoms with Gasteiger partial charge in [-0.05, 0) is 38.1 Å². The minimum atomic E-state index is -1.08. The van der Waals surface area contributed by atoms with Crippen molar-refractivity contribution in [3.8, 4) is 0 Å². The van der Waals surface area contributed by atoms with Crippen LogP contribution in [0.25, 0.3) is 0 Å². The Labute approximate surface area is 162 Å². The first-order chi connectivity index (χ1) is 13.1. The molecule has 0 aromatic carbocycles. The summed E-state index contributed by atoms with van der Waals surface area (Å²) in [6, 6.07) is 4.79. The molecular weight excluding hydrogens is 372 g/mol. The van der Waals surface area contributed by atoms with Crippen LogP contribution >= 0.6 is 0 Å². The monoisotopic (exact) mass is 398 g/mol. The van der Waals surface area contributed by atoms with Crippen LogP contribution in [0.1, 0.15) is 50.1 Å². The van der Waals surface area contributed by atoms with Crippen molar-refractivity contribution in [1.82, 2.24) is 9.88 Å². The van der Waals surface area contributed by atoms with Crippen molar-refractivity contribution in [2.75, 3.05) is 13.6 Å². The van der Waals surface area contributed by atoms with Crippen molar-refractivity contribution >= 4 is 23.9 Å². The fourth-order valence-corrected chi connectivity index (χ4v) is 2.33. The van der Waals surface area contributed by atoms with Gasteiger partial charge in [0.25, 0.3) is 0 Å². The topological polar surface area (TPSA) is 165 Å². The predicted octanol–water partition coefficient (Wildman–Crippen LogP) is 1.72. The quantitative estimate of drug-likeness (QED) is 0.531. The van der Waals surface area contributed by atoms with E-state index in [0.29, 0.717) is 6.04 Å². The fraction of sp³-hybridized carbons (Fsp3) is 0.500. The number of aliphatic carboxylic acids is 4. The minimum Gasteiger partial charge on any atom is -0.481 e. The second-order valence-corrected chi connectivity index (χ2v) is 6.00. The number of carboxylic acid groups (broad SMARTS) is 4. The summed E-state index contributed by atoms with van der Waals surface area (Å²) in [6.45, 7) is 1.22. The standard InChI is InChI=1S/C10H14N2.2C4H6O4/c1-12-7-3-5-10(12)9-4-2-6-11-8-9;2*5-3(6)1-2-4(7)8/h2,4,6,8,10H,3,5,7H2,1H3;2*1-2H2,(H,5,6)(H,7,8). The van der Waals surface area contributed by atoms with Gasteiger partial charge < -0.3 is 20.4 Å². The first-order valence-electron chi connectivity index (χ1n) is 8.60. The van der Waals surface area contributed by atoms with E-state index in [1.807, 2.05) is 18.5 Å². The predicted molar refractivity (Wildman–Crippen MR) is 97.9 cm³/mol. The van der Waals surface area contributed by atoms with Gasteiger partial charge in [0.15, 0.2) is 0 Å². The smallest absolute Gasteiger partial charge is 0.303 e. The third-order valence-corrected chi connectivity index (χ3v) is 3.70. The summed E-state index contributed by atoms with van der Waals surface area (Å²) < 4.78 is 0. The number of carboxylic acids is 4. The summed E-state index contributed by atoms with van der Waals surface area (Å²) in [5.41, 5.74) is 1.36. The molecule has 156 valence electrons. The lowest BCUT2D eigenvalue weighted by Gasteiger charge is -2.18. The number of nitrogens with zero attached hydrogens (tertiary/aromatic N) is 2. The SMILES string of the molecule is CN1CCCC1c1cccnc1.O=C(O)CCC(=O)O.O=C(O)CCC(=O)O. The zero-order valence-corrected chi connectivity index (χ0v) is 15.7. The molecule has 0 bridgehead atoms. The van der Waals surface area contributed by atoms with Crippen LogP contribution in [-0.2, 0) is 19.2 Å². The molecule has 4 N–H and O–H groups in total. The van der Waals surface area contributed by atoms with Crippen molar-refractivity contribution in [3.63, 3.8) is 0 Å². The molecule has 1 aromatic rings. The van der Waals surface area contributed by atoms with Gasteiger partial charge in [0.2, 0.25) is 0 Å². The van der Waals surface area contributed by atoms with Crippen molar-refractivity contribution in [1.29, 1.82) is 0 Å². The van der Waals surface area contributed by atoms with E-state index in [9.17, 15) is 19.2 Å². The van der Waals surface area contributed by atoms with E-state index in [2.05, 4.69) is 23.0 Å². The Hall–Kier alpha value is -3.01. The molecule has 0 aliphatic carbocycles. The summed E-state index contributed by atoms with van der Waals surface area (Å²) in [5.74, 6) is -4.31. The van der Waals surface area contributed by atoms with E-state index in [1.165, 1.54) is 24.9 Å². The second-order valence-electron chi connectivity index (χ2n) is 6.00. The number of carbonyl (C=O) groups is 4. The molecule has 1 fully saturated rings. The molecule has 1 aliphatic heterocycles. The average Bonchev–Trinajstić information content (AvgIpc) is 3.06. The average molecular weight is 398 g/mol. The third-order valence-electron chi connectivity index (χ3n) is 3.70. The van der Waals surface area contributed by atoms with Crippen molar-refractivity contribution in [3.05, 3.63) is 30.1 Å². The molecule has 0 saturated carbocycles. The Morgan fingerprint density at radius 2 is 1.43 bits per heavy atom. The molecule has 1 aromatic heterocycles. The summed E-state index contributed by atoms with van der Waals surface area (Å²) in [6.07, 6.45) is 5.22. The van der Waals surface area contributed by atoms with Crippen molar-refractivity contribution in [2.45, 2.75) is 44.6 Å². The minimum absolute atomic E-state index is 0.296. The van der Waals surface area contributed by atoms with E-state index >= 15 is 0 Å². The first kappa shape index (κ1) is 25.0. The van der Waals surface area contributed by atoms with Gasteiger partial charge in [0.1, 0.15) is 0 Å². The number of pyridine rings is 1. The normalized spacial score (nSPS) is 15.4. The molecule has 1 atom stereocenters. The molecule has 1 aliphatic rings. The maximum absolute atomic E-state index is 9.64. The highest BCUT2D eigenvalue weighted by atomic mass is 16.4. The molecule has 2 heterocycles. The van der Waals surface area contributed by atoms with E-state index in [0.717, 1.165) is 0 Å². The highest BCUT2D eigenvalue weighted by Crippen LogP contribution is 2.29. The van der Waals surface area contributed by atoms with Crippen LogP contribution in [0.3, 0.4) is 0 Å². The zero-order chi connectivity index (χ0) is 21.5. The molecule has 0 spiro atoms. The molecular formula is C18H26N2O8. The van der Waals surface area contributed by atoms with Crippen LogP contribution in [0.15, 0.2) is 24.5 Å². The van der Waals surface area contributed by atoms with Crippen LogP contribution < -0.4 is 0 Å². The van der Waals surface area contributed by atoms with Gasteiger partial charge in [-0.25, -0.2) is 0 Å². The molecule has 0 radical (unpaired) electrons. The molecule has 28 heavy (non-hydrogen) atoms. The largest absolute Gasteiger partial charge is 0.481 e. The van der Waals surface area contributed by atoms with E-state index in [1.54, 1.807) is 0 Å². The molecule has 10 heteroatoms. The number of hydrogen-bond acceptors (Lipinski definition) is 6.